The van der Waals surface area contributed by atoms with Gasteiger partial charge in [0.05, 0.1) is 16.7 Å². The molecule has 0 aliphatic heterocycles. The Balaban J connectivity index is 1.70. The predicted molar refractivity (Wildman–Crippen MR) is 123 cm³/mol. The summed E-state index contributed by atoms with van der Waals surface area (Å²) in [5.41, 5.74) is 4.63. The van der Waals surface area contributed by atoms with E-state index < -0.39 is 6.03 Å². The number of nitrogens with one attached hydrogen (secondary N) is 2. The number of imidazole rings is 1. The van der Waals surface area contributed by atoms with Crippen LogP contribution < -0.4 is 21.1 Å². The molecule has 0 saturated carbocycles. The molecule has 0 atom stereocenters. The Hall–Kier alpha value is -4.00. The van der Waals surface area contributed by atoms with Crippen LogP contribution in [0.5, 0.6) is 11.5 Å². The summed E-state index contributed by atoms with van der Waals surface area (Å²) in [6.07, 6.45) is 0. The molecule has 2 amide bonds. The van der Waals surface area contributed by atoms with Crippen molar-refractivity contribution in [1.82, 2.24) is 9.13 Å². The maximum Gasteiger partial charge on any atom is 0.328 e. The average Bonchev–Trinajstić information content (AvgIpc) is 2.95. The van der Waals surface area contributed by atoms with Gasteiger partial charge in [-0.15, -0.1) is 0 Å². The molecule has 0 bridgehead atoms. The smallest absolute Gasteiger partial charge is 0.328 e. The summed E-state index contributed by atoms with van der Waals surface area (Å²) in [6.45, 7) is 4.01. The molecule has 2 N–H and O–H groups in total. The number of benzene rings is 3. The molecule has 1 aromatic heterocycles. The SMILES string of the molecule is Cc1ccc(NC(=O)Nc2cc3c(cc2Oc2ccccc2)n(C)c(=O)n3C)cc1C. The van der Waals surface area contributed by atoms with E-state index in [1.54, 1.807) is 30.8 Å². The van der Waals surface area contributed by atoms with Gasteiger partial charge in [0.15, 0.2) is 5.75 Å². The first-order valence-electron chi connectivity index (χ1n) is 9.91. The summed E-state index contributed by atoms with van der Waals surface area (Å²) in [4.78, 5) is 25.1. The minimum atomic E-state index is -0.401. The van der Waals surface area contributed by atoms with Crippen molar-refractivity contribution in [3.63, 3.8) is 0 Å². The highest BCUT2D eigenvalue weighted by molar-refractivity contribution is 6.02. The number of fused-ring (bicyclic) bond motifs is 1. The number of nitrogens with zero attached hydrogens (tertiary/aromatic N) is 2. The largest absolute Gasteiger partial charge is 0.455 e. The third-order valence-electron chi connectivity index (χ3n) is 5.36. The number of amides is 2. The maximum absolute atomic E-state index is 12.7. The molecule has 3 aromatic carbocycles. The molecule has 4 aromatic rings. The predicted octanol–water partition coefficient (Wildman–Crippen LogP) is 4.93. The fraction of sp³-hybridized carbons (Fsp3) is 0.167. The van der Waals surface area contributed by atoms with Crippen molar-refractivity contribution in [2.24, 2.45) is 14.1 Å². The number of rotatable bonds is 4. The van der Waals surface area contributed by atoms with Crippen LogP contribution in [0.15, 0.2) is 65.5 Å². The Morgan fingerprint density at radius 1 is 0.839 bits per heavy atom. The van der Waals surface area contributed by atoms with Crippen molar-refractivity contribution in [3.8, 4) is 11.5 Å². The quantitative estimate of drug-likeness (QED) is 0.495. The van der Waals surface area contributed by atoms with Crippen LogP contribution in [-0.2, 0) is 14.1 Å². The molecule has 7 nitrogen and oxygen atoms in total. The lowest BCUT2D eigenvalue weighted by Crippen LogP contribution is -2.20. The van der Waals surface area contributed by atoms with E-state index in [1.165, 1.54) is 4.57 Å². The number of carbonyl (C=O) groups is 1. The number of hydrogen-bond donors (Lipinski definition) is 2. The Kier molecular flexibility index (Phi) is 5.25. The lowest BCUT2D eigenvalue weighted by Gasteiger charge is -2.14. The second kappa shape index (κ2) is 8.02. The van der Waals surface area contributed by atoms with Crippen LogP contribution in [0.25, 0.3) is 11.0 Å². The number of hydrogen-bond acceptors (Lipinski definition) is 3. The van der Waals surface area contributed by atoms with Crippen LogP contribution in [0, 0.1) is 13.8 Å². The highest BCUT2D eigenvalue weighted by Crippen LogP contribution is 2.33. The molecule has 0 aliphatic carbocycles. The van der Waals surface area contributed by atoms with Gasteiger partial charge < -0.3 is 15.4 Å². The van der Waals surface area contributed by atoms with Gasteiger partial charge in [-0.25, -0.2) is 9.59 Å². The fourth-order valence-electron chi connectivity index (χ4n) is 3.43. The number of aryl methyl sites for hydroxylation is 4. The summed E-state index contributed by atoms with van der Waals surface area (Å²) in [7, 11) is 3.40. The fourth-order valence-corrected chi connectivity index (χ4v) is 3.43. The van der Waals surface area contributed by atoms with Gasteiger partial charge in [0.25, 0.3) is 0 Å². The van der Waals surface area contributed by atoms with E-state index in [1.807, 2.05) is 62.4 Å². The number of aromatic nitrogens is 2. The van der Waals surface area contributed by atoms with E-state index >= 15 is 0 Å². The summed E-state index contributed by atoms with van der Waals surface area (Å²) in [5.74, 6) is 1.07. The number of anilines is 2. The Morgan fingerprint density at radius 2 is 1.52 bits per heavy atom. The van der Waals surface area contributed by atoms with Gasteiger partial charge >= 0.3 is 11.7 Å². The number of para-hydroxylation sites is 1. The molecular formula is C24H24N4O3. The highest BCUT2D eigenvalue weighted by Gasteiger charge is 2.16. The van der Waals surface area contributed by atoms with Crippen LogP contribution in [0.1, 0.15) is 11.1 Å². The molecule has 7 heteroatoms. The van der Waals surface area contributed by atoms with Gasteiger partial charge in [-0.2, -0.15) is 0 Å². The summed E-state index contributed by atoms with van der Waals surface area (Å²) < 4.78 is 9.12. The average molecular weight is 416 g/mol. The zero-order valence-corrected chi connectivity index (χ0v) is 17.9. The molecule has 0 spiro atoms. The first kappa shape index (κ1) is 20.3. The lowest BCUT2D eigenvalue weighted by atomic mass is 10.1. The van der Waals surface area contributed by atoms with E-state index in [0.717, 1.165) is 11.1 Å². The van der Waals surface area contributed by atoms with E-state index in [-0.39, 0.29) is 5.69 Å². The minimum absolute atomic E-state index is 0.155. The third-order valence-corrected chi connectivity index (χ3v) is 5.36. The van der Waals surface area contributed by atoms with Crippen molar-refractivity contribution in [2.45, 2.75) is 13.8 Å². The number of carbonyl (C=O) groups excluding carboxylic acids is 1. The maximum atomic E-state index is 12.7. The van der Waals surface area contributed by atoms with Crippen LogP contribution in [0.2, 0.25) is 0 Å². The summed E-state index contributed by atoms with van der Waals surface area (Å²) >= 11 is 0. The van der Waals surface area contributed by atoms with Crippen molar-refractivity contribution in [1.29, 1.82) is 0 Å². The zero-order valence-electron chi connectivity index (χ0n) is 17.9. The molecule has 0 radical (unpaired) electrons. The molecule has 0 fully saturated rings. The van der Waals surface area contributed by atoms with Crippen molar-refractivity contribution >= 4 is 28.4 Å². The van der Waals surface area contributed by atoms with Crippen LogP contribution >= 0.6 is 0 Å². The van der Waals surface area contributed by atoms with Crippen molar-refractivity contribution in [3.05, 3.63) is 82.3 Å². The molecule has 0 unspecified atom stereocenters. The third kappa shape index (κ3) is 4.02. The van der Waals surface area contributed by atoms with Crippen molar-refractivity contribution < 1.29 is 9.53 Å². The highest BCUT2D eigenvalue weighted by atomic mass is 16.5. The molecule has 31 heavy (non-hydrogen) atoms. The topological polar surface area (TPSA) is 77.3 Å². The van der Waals surface area contributed by atoms with Gasteiger partial charge in [0.1, 0.15) is 5.75 Å². The standard InChI is InChI=1S/C24H24N4O3/c1-15-10-11-17(12-16(15)2)25-23(29)26-19-13-20-21(28(4)24(30)27(20)3)14-22(19)31-18-8-6-5-7-9-18/h5-14H,1-4H3,(H2,25,26,29). The first-order chi connectivity index (χ1) is 14.8. The number of ether oxygens (including phenoxy) is 1. The van der Waals surface area contributed by atoms with Gasteiger partial charge in [0.2, 0.25) is 0 Å². The van der Waals surface area contributed by atoms with Gasteiger partial charge in [-0.05, 0) is 55.3 Å². The van der Waals surface area contributed by atoms with Crippen LogP contribution in [0.3, 0.4) is 0 Å². The van der Waals surface area contributed by atoms with Crippen LogP contribution in [-0.4, -0.2) is 15.2 Å². The molecule has 1 heterocycles. The molecule has 0 aliphatic rings. The molecular weight excluding hydrogens is 392 g/mol. The van der Waals surface area contributed by atoms with Gasteiger partial charge in [0, 0.05) is 25.8 Å². The first-order valence-corrected chi connectivity index (χ1v) is 9.91. The monoisotopic (exact) mass is 416 g/mol. The van der Waals surface area contributed by atoms with Gasteiger partial charge in [-0.1, -0.05) is 24.3 Å². The van der Waals surface area contributed by atoms with Crippen molar-refractivity contribution in [2.75, 3.05) is 10.6 Å². The minimum Gasteiger partial charge on any atom is -0.455 e. The Morgan fingerprint density at radius 3 is 2.19 bits per heavy atom. The molecule has 158 valence electrons. The lowest BCUT2D eigenvalue weighted by molar-refractivity contribution is 0.262. The second-order valence-electron chi connectivity index (χ2n) is 7.53. The van der Waals surface area contributed by atoms with E-state index in [4.69, 9.17) is 4.74 Å². The Bertz CT molecular complexity index is 1340. The van der Waals surface area contributed by atoms with E-state index in [2.05, 4.69) is 10.6 Å². The Labute approximate surface area is 179 Å². The van der Waals surface area contributed by atoms with Gasteiger partial charge in [-0.3, -0.25) is 9.13 Å². The van der Waals surface area contributed by atoms with E-state index in [9.17, 15) is 9.59 Å². The summed E-state index contributed by atoms with van der Waals surface area (Å²) in [6, 6.07) is 18.1. The normalized spacial score (nSPS) is 10.8. The second-order valence-corrected chi connectivity index (χ2v) is 7.53. The molecule has 4 rings (SSSR count). The van der Waals surface area contributed by atoms with E-state index in [0.29, 0.717) is 33.9 Å². The number of urea groups is 1. The van der Waals surface area contributed by atoms with Crippen LogP contribution in [0.4, 0.5) is 16.2 Å². The molecule has 0 saturated heterocycles. The zero-order chi connectivity index (χ0) is 22.1. The summed E-state index contributed by atoms with van der Waals surface area (Å²) in [5, 5.41) is 5.71.